The van der Waals surface area contributed by atoms with Crippen molar-refractivity contribution in [2.75, 3.05) is 0 Å². The molecule has 0 fully saturated rings. The van der Waals surface area contributed by atoms with Crippen LogP contribution < -0.4 is 5.32 Å². The van der Waals surface area contributed by atoms with E-state index >= 15 is 0 Å². The molecule has 1 aromatic carbocycles. The highest BCUT2D eigenvalue weighted by Gasteiger charge is 2.11. The molecule has 1 unspecified atom stereocenters. The fraction of sp³-hybridized carbons (Fsp3) is 0.154. The van der Waals surface area contributed by atoms with E-state index in [4.69, 9.17) is 0 Å². The third-order valence-electron chi connectivity index (χ3n) is 2.54. The summed E-state index contributed by atoms with van der Waals surface area (Å²) >= 11 is 0. The second-order valence-electron chi connectivity index (χ2n) is 3.75. The molecule has 0 aliphatic heterocycles. The standard InChI is InChI=1S/C13H14N2O/c1-3-9(2)15-13(16)11-6-4-5-10-7-8-14-12(10)11/h3-9,14H,1H2,2H3,(H,15,16). The Hall–Kier alpha value is -2.03. The number of H-pyrrole nitrogens is 1. The number of fused-ring (bicyclic) bond motifs is 1. The van der Waals surface area contributed by atoms with Crippen LogP contribution in [-0.2, 0) is 0 Å². The lowest BCUT2D eigenvalue weighted by Gasteiger charge is -2.09. The van der Waals surface area contributed by atoms with Crippen molar-refractivity contribution in [2.45, 2.75) is 13.0 Å². The van der Waals surface area contributed by atoms with Crippen molar-refractivity contribution < 1.29 is 4.79 Å². The van der Waals surface area contributed by atoms with Crippen LogP contribution in [0.3, 0.4) is 0 Å². The average molecular weight is 214 g/mol. The molecule has 2 rings (SSSR count). The van der Waals surface area contributed by atoms with E-state index in [1.807, 2.05) is 37.4 Å². The normalized spacial score (nSPS) is 12.3. The summed E-state index contributed by atoms with van der Waals surface area (Å²) in [5.74, 6) is -0.0829. The van der Waals surface area contributed by atoms with E-state index in [0.717, 1.165) is 10.9 Å². The largest absolute Gasteiger partial charge is 0.361 e. The molecule has 1 atom stereocenters. The highest BCUT2D eigenvalue weighted by Crippen LogP contribution is 2.16. The summed E-state index contributed by atoms with van der Waals surface area (Å²) in [7, 11) is 0. The summed E-state index contributed by atoms with van der Waals surface area (Å²) in [4.78, 5) is 15.0. The number of aromatic amines is 1. The Balaban J connectivity index is 2.35. The van der Waals surface area contributed by atoms with Crippen LogP contribution in [0.15, 0.2) is 43.1 Å². The van der Waals surface area contributed by atoms with E-state index in [1.165, 1.54) is 0 Å². The Morgan fingerprint density at radius 3 is 3.06 bits per heavy atom. The van der Waals surface area contributed by atoms with Gasteiger partial charge in [-0.05, 0) is 19.1 Å². The summed E-state index contributed by atoms with van der Waals surface area (Å²) in [6, 6.07) is 7.58. The first kappa shape index (κ1) is 10.5. The number of carbonyl (C=O) groups is 1. The number of aromatic nitrogens is 1. The zero-order valence-electron chi connectivity index (χ0n) is 9.16. The van der Waals surface area contributed by atoms with Gasteiger partial charge in [-0.3, -0.25) is 4.79 Å². The van der Waals surface area contributed by atoms with Gasteiger partial charge in [0.05, 0.1) is 11.1 Å². The minimum atomic E-state index is -0.0829. The van der Waals surface area contributed by atoms with Crippen LogP contribution in [0.4, 0.5) is 0 Å². The Morgan fingerprint density at radius 1 is 1.50 bits per heavy atom. The van der Waals surface area contributed by atoms with Crippen molar-refractivity contribution in [2.24, 2.45) is 0 Å². The van der Waals surface area contributed by atoms with Crippen LogP contribution >= 0.6 is 0 Å². The van der Waals surface area contributed by atoms with Gasteiger partial charge in [0.1, 0.15) is 0 Å². The summed E-state index contributed by atoms with van der Waals surface area (Å²) in [6.45, 7) is 5.53. The van der Waals surface area contributed by atoms with Crippen molar-refractivity contribution in [1.29, 1.82) is 0 Å². The summed E-state index contributed by atoms with van der Waals surface area (Å²) < 4.78 is 0. The predicted octanol–water partition coefficient (Wildman–Crippen LogP) is 2.47. The van der Waals surface area contributed by atoms with Gasteiger partial charge in [0.25, 0.3) is 5.91 Å². The molecule has 0 aliphatic carbocycles. The highest BCUT2D eigenvalue weighted by molar-refractivity contribution is 6.05. The molecular weight excluding hydrogens is 200 g/mol. The fourth-order valence-corrected chi connectivity index (χ4v) is 1.62. The Kier molecular flexibility index (Phi) is 2.77. The lowest BCUT2D eigenvalue weighted by Crippen LogP contribution is -2.30. The molecule has 1 heterocycles. The summed E-state index contributed by atoms with van der Waals surface area (Å²) in [6.07, 6.45) is 3.53. The second kappa shape index (κ2) is 4.23. The van der Waals surface area contributed by atoms with Gasteiger partial charge in [0.15, 0.2) is 0 Å². The van der Waals surface area contributed by atoms with Crippen molar-refractivity contribution in [1.82, 2.24) is 10.3 Å². The molecule has 0 radical (unpaired) electrons. The maximum atomic E-state index is 11.9. The number of rotatable bonds is 3. The molecule has 1 aromatic heterocycles. The molecule has 0 spiro atoms. The molecule has 82 valence electrons. The lowest BCUT2D eigenvalue weighted by atomic mass is 10.1. The van der Waals surface area contributed by atoms with Gasteiger partial charge >= 0.3 is 0 Å². The van der Waals surface area contributed by atoms with E-state index in [1.54, 1.807) is 6.08 Å². The highest BCUT2D eigenvalue weighted by atomic mass is 16.1. The van der Waals surface area contributed by atoms with Crippen LogP contribution in [0.25, 0.3) is 10.9 Å². The molecule has 2 N–H and O–H groups in total. The maximum Gasteiger partial charge on any atom is 0.253 e. The van der Waals surface area contributed by atoms with Crippen molar-refractivity contribution in [3.8, 4) is 0 Å². The van der Waals surface area contributed by atoms with Gasteiger partial charge in [0, 0.05) is 17.6 Å². The first-order valence-corrected chi connectivity index (χ1v) is 5.22. The van der Waals surface area contributed by atoms with Crippen molar-refractivity contribution in [3.05, 3.63) is 48.7 Å². The zero-order chi connectivity index (χ0) is 11.5. The van der Waals surface area contributed by atoms with E-state index in [-0.39, 0.29) is 11.9 Å². The summed E-state index contributed by atoms with van der Waals surface area (Å²) in [5.41, 5.74) is 1.53. The van der Waals surface area contributed by atoms with Gasteiger partial charge in [-0.1, -0.05) is 18.2 Å². The number of hydrogen-bond donors (Lipinski definition) is 2. The molecule has 2 aromatic rings. The number of para-hydroxylation sites is 1. The van der Waals surface area contributed by atoms with Gasteiger partial charge in [-0.15, -0.1) is 6.58 Å². The smallest absolute Gasteiger partial charge is 0.253 e. The molecule has 0 saturated heterocycles. The minimum Gasteiger partial charge on any atom is -0.361 e. The molecule has 0 aliphatic rings. The third kappa shape index (κ3) is 1.84. The number of amides is 1. The van der Waals surface area contributed by atoms with Gasteiger partial charge < -0.3 is 10.3 Å². The minimum absolute atomic E-state index is 0.0299. The lowest BCUT2D eigenvalue weighted by molar-refractivity contribution is 0.0948. The van der Waals surface area contributed by atoms with Crippen molar-refractivity contribution in [3.63, 3.8) is 0 Å². The summed E-state index contributed by atoms with van der Waals surface area (Å²) in [5, 5.41) is 3.89. The van der Waals surface area contributed by atoms with E-state index < -0.39 is 0 Å². The fourth-order valence-electron chi connectivity index (χ4n) is 1.62. The van der Waals surface area contributed by atoms with Gasteiger partial charge in [-0.25, -0.2) is 0 Å². The van der Waals surface area contributed by atoms with Crippen molar-refractivity contribution >= 4 is 16.8 Å². The molecule has 0 saturated carbocycles. The molecule has 3 heteroatoms. The monoisotopic (exact) mass is 214 g/mol. The quantitative estimate of drug-likeness (QED) is 0.757. The Morgan fingerprint density at radius 2 is 2.31 bits per heavy atom. The molecule has 1 amide bonds. The topological polar surface area (TPSA) is 44.9 Å². The third-order valence-corrected chi connectivity index (χ3v) is 2.54. The van der Waals surface area contributed by atoms with Crippen LogP contribution in [0.2, 0.25) is 0 Å². The van der Waals surface area contributed by atoms with Gasteiger partial charge in [-0.2, -0.15) is 0 Å². The van der Waals surface area contributed by atoms with E-state index in [2.05, 4.69) is 16.9 Å². The first-order valence-electron chi connectivity index (χ1n) is 5.22. The number of carbonyl (C=O) groups excluding carboxylic acids is 1. The Bertz CT molecular complexity index is 527. The van der Waals surface area contributed by atoms with Gasteiger partial charge in [0.2, 0.25) is 0 Å². The SMILES string of the molecule is C=CC(C)NC(=O)c1cccc2cc[nH]c12. The average Bonchev–Trinajstić information content (AvgIpc) is 2.76. The zero-order valence-corrected chi connectivity index (χ0v) is 9.16. The molecule has 3 nitrogen and oxygen atoms in total. The molecule has 16 heavy (non-hydrogen) atoms. The first-order chi connectivity index (χ1) is 7.72. The van der Waals surface area contributed by atoms with E-state index in [0.29, 0.717) is 5.56 Å². The van der Waals surface area contributed by atoms with Crippen LogP contribution in [0, 0.1) is 0 Å². The maximum absolute atomic E-state index is 11.9. The number of hydrogen-bond acceptors (Lipinski definition) is 1. The van der Waals surface area contributed by atoms with Crippen LogP contribution in [0.1, 0.15) is 17.3 Å². The Labute approximate surface area is 94.2 Å². The molecule has 0 bridgehead atoms. The van der Waals surface area contributed by atoms with E-state index in [9.17, 15) is 4.79 Å². The molecular formula is C13H14N2O. The van der Waals surface area contributed by atoms with Crippen LogP contribution in [-0.4, -0.2) is 16.9 Å². The predicted molar refractivity (Wildman–Crippen MR) is 65.4 cm³/mol. The number of nitrogens with one attached hydrogen (secondary N) is 2. The van der Waals surface area contributed by atoms with Crippen LogP contribution in [0.5, 0.6) is 0 Å². The second-order valence-corrected chi connectivity index (χ2v) is 3.75. The number of benzene rings is 1.